The maximum atomic E-state index is 12.9. The minimum Gasteiger partial charge on any atom is -0.353 e. The molecule has 1 fully saturated rings. The maximum absolute atomic E-state index is 12.9. The van der Waals surface area contributed by atoms with E-state index in [1.165, 1.54) is 28.9 Å². The number of nitrogens with zero attached hydrogens (tertiary/aromatic N) is 5. The van der Waals surface area contributed by atoms with Crippen LogP contribution in [0.1, 0.15) is 25.8 Å². The van der Waals surface area contributed by atoms with Crippen LogP contribution in [0.3, 0.4) is 0 Å². The summed E-state index contributed by atoms with van der Waals surface area (Å²) < 4.78 is 41.0. The van der Waals surface area contributed by atoms with E-state index in [2.05, 4.69) is 34.1 Å². The summed E-state index contributed by atoms with van der Waals surface area (Å²) in [5.74, 6) is 0.838. The lowest BCUT2D eigenvalue weighted by molar-refractivity contribution is -0.137. The number of carbonyl (C=O) groups excluding carboxylic acids is 1. The van der Waals surface area contributed by atoms with E-state index in [0.29, 0.717) is 23.3 Å². The highest BCUT2D eigenvalue weighted by atomic mass is 19.4. The average Bonchev–Trinajstić information content (AvgIpc) is 3.02. The Morgan fingerprint density at radius 3 is 2.62 bits per heavy atom. The maximum Gasteiger partial charge on any atom is 0.416 e. The molecule has 4 rings (SSSR count). The summed E-state index contributed by atoms with van der Waals surface area (Å²) >= 11 is 0. The Morgan fingerprint density at radius 1 is 1.22 bits per heavy atom. The van der Waals surface area contributed by atoms with Crippen molar-refractivity contribution in [2.75, 3.05) is 23.3 Å². The second-order valence-electron chi connectivity index (χ2n) is 8.36. The highest BCUT2D eigenvalue weighted by Gasteiger charge is 2.30. The molecule has 0 spiro atoms. The number of halogens is 3. The molecule has 170 valence electrons. The van der Waals surface area contributed by atoms with Crippen molar-refractivity contribution < 1.29 is 18.0 Å². The third-order valence-corrected chi connectivity index (χ3v) is 5.42. The molecule has 1 amide bonds. The summed E-state index contributed by atoms with van der Waals surface area (Å²) in [6, 6.07) is 4.30. The smallest absolute Gasteiger partial charge is 0.353 e. The fourth-order valence-electron chi connectivity index (χ4n) is 4.21. The number of anilines is 2. The number of rotatable bonds is 4. The number of aromatic nitrogens is 4. The summed E-state index contributed by atoms with van der Waals surface area (Å²) in [4.78, 5) is 31.7. The quantitative estimate of drug-likeness (QED) is 0.663. The molecule has 3 aromatic rings. The number of alkyl halides is 3. The Kier molecular flexibility index (Phi) is 5.66. The minimum atomic E-state index is -4.52. The SMILES string of the molecule is CC1CC(C)CN(c2nccn3c(=O)n(CC(=O)Nc4cccc(C(F)(F)F)c4)nc23)C1. The van der Waals surface area contributed by atoms with Crippen molar-refractivity contribution >= 4 is 23.1 Å². The fourth-order valence-corrected chi connectivity index (χ4v) is 4.21. The van der Waals surface area contributed by atoms with Crippen LogP contribution in [0.4, 0.5) is 24.7 Å². The predicted molar refractivity (Wildman–Crippen MR) is 112 cm³/mol. The first-order valence-electron chi connectivity index (χ1n) is 10.3. The van der Waals surface area contributed by atoms with E-state index < -0.39 is 29.9 Å². The van der Waals surface area contributed by atoms with Crippen LogP contribution < -0.4 is 15.9 Å². The molecule has 3 heterocycles. The number of nitrogens with one attached hydrogen (secondary N) is 1. The highest BCUT2D eigenvalue weighted by Crippen LogP contribution is 2.30. The van der Waals surface area contributed by atoms with Gasteiger partial charge in [0.15, 0.2) is 5.82 Å². The van der Waals surface area contributed by atoms with Gasteiger partial charge in [0.05, 0.1) is 5.56 Å². The van der Waals surface area contributed by atoms with E-state index in [9.17, 15) is 22.8 Å². The van der Waals surface area contributed by atoms with Gasteiger partial charge >= 0.3 is 11.9 Å². The van der Waals surface area contributed by atoms with Crippen molar-refractivity contribution in [3.8, 4) is 0 Å². The van der Waals surface area contributed by atoms with Gasteiger partial charge in [-0.2, -0.15) is 13.2 Å². The molecule has 11 heteroatoms. The summed E-state index contributed by atoms with van der Waals surface area (Å²) in [5.41, 5.74) is -1.08. The first-order chi connectivity index (χ1) is 15.1. The number of hydrogen-bond donors (Lipinski definition) is 1. The molecule has 2 aromatic heterocycles. The van der Waals surface area contributed by atoms with Crippen molar-refractivity contribution in [3.05, 3.63) is 52.7 Å². The van der Waals surface area contributed by atoms with Crippen LogP contribution in [0.15, 0.2) is 41.5 Å². The van der Waals surface area contributed by atoms with Gasteiger partial charge in [0.1, 0.15) is 6.54 Å². The zero-order chi connectivity index (χ0) is 23.0. The lowest BCUT2D eigenvalue weighted by Gasteiger charge is -2.35. The van der Waals surface area contributed by atoms with E-state index in [0.717, 1.165) is 36.3 Å². The van der Waals surface area contributed by atoms with Crippen molar-refractivity contribution in [1.82, 2.24) is 19.2 Å². The van der Waals surface area contributed by atoms with Gasteiger partial charge in [0.2, 0.25) is 11.6 Å². The van der Waals surface area contributed by atoms with Gasteiger partial charge in [-0.1, -0.05) is 19.9 Å². The molecular formula is C21H23F3N6O2. The fraction of sp³-hybridized carbons (Fsp3) is 0.429. The molecule has 0 saturated carbocycles. The molecular weight excluding hydrogens is 425 g/mol. The molecule has 1 aromatic carbocycles. The molecule has 1 saturated heterocycles. The van der Waals surface area contributed by atoms with Gasteiger partial charge in [0, 0.05) is 31.2 Å². The van der Waals surface area contributed by atoms with Gasteiger partial charge in [0.25, 0.3) is 0 Å². The molecule has 1 aliphatic rings. The molecule has 2 atom stereocenters. The number of piperidine rings is 1. The number of hydrogen-bond acceptors (Lipinski definition) is 5. The zero-order valence-electron chi connectivity index (χ0n) is 17.6. The van der Waals surface area contributed by atoms with E-state index >= 15 is 0 Å². The van der Waals surface area contributed by atoms with Crippen LogP contribution in [-0.4, -0.2) is 38.2 Å². The Labute approximate surface area is 181 Å². The largest absolute Gasteiger partial charge is 0.416 e. The Morgan fingerprint density at radius 2 is 1.94 bits per heavy atom. The van der Waals surface area contributed by atoms with Crippen LogP contribution in [0.25, 0.3) is 5.65 Å². The lowest BCUT2D eigenvalue weighted by Crippen LogP contribution is -2.39. The molecule has 2 unspecified atom stereocenters. The van der Waals surface area contributed by atoms with Crippen LogP contribution in [0.5, 0.6) is 0 Å². The second-order valence-corrected chi connectivity index (χ2v) is 8.36. The standard InChI is InChI=1S/C21H23F3N6O2/c1-13-8-14(2)11-28(10-13)18-19-27-30(20(32)29(19)7-6-25-18)12-17(31)26-16-5-3-4-15(9-16)21(22,23)24/h3-7,9,13-14H,8,10-12H2,1-2H3,(H,26,31). The Bertz CT molecular complexity index is 1190. The van der Waals surface area contributed by atoms with Gasteiger partial charge in [-0.25, -0.2) is 18.9 Å². The molecule has 1 N–H and O–H groups in total. The average molecular weight is 448 g/mol. The van der Waals surface area contributed by atoms with Crippen molar-refractivity contribution in [3.63, 3.8) is 0 Å². The van der Waals surface area contributed by atoms with Crippen molar-refractivity contribution in [1.29, 1.82) is 0 Å². The first-order valence-corrected chi connectivity index (χ1v) is 10.3. The first kappa shape index (κ1) is 21.8. The predicted octanol–water partition coefficient (Wildman–Crippen LogP) is 3.03. The number of amides is 1. The topological polar surface area (TPSA) is 84.5 Å². The number of fused-ring (bicyclic) bond motifs is 1. The highest BCUT2D eigenvalue weighted by molar-refractivity contribution is 5.90. The van der Waals surface area contributed by atoms with Crippen LogP contribution in [0.2, 0.25) is 0 Å². The molecule has 8 nitrogen and oxygen atoms in total. The summed E-state index contributed by atoms with van der Waals surface area (Å²) in [5, 5.41) is 6.69. The molecule has 0 radical (unpaired) electrons. The number of carbonyl (C=O) groups is 1. The zero-order valence-corrected chi connectivity index (χ0v) is 17.6. The molecule has 32 heavy (non-hydrogen) atoms. The van der Waals surface area contributed by atoms with Crippen LogP contribution in [0, 0.1) is 11.8 Å². The van der Waals surface area contributed by atoms with Gasteiger partial charge in [-0.15, -0.1) is 5.10 Å². The summed E-state index contributed by atoms with van der Waals surface area (Å²) in [7, 11) is 0. The number of benzene rings is 1. The van der Waals surface area contributed by atoms with E-state index in [-0.39, 0.29) is 5.69 Å². The van der Waals surface area contributed by atoms with Crippen LogP contribution in [-0.2, 0) is 17.5 Å². The second kappa shape index (κ2) is 8.29. The van der Waals surface area contributed by atoms with Crippen molar-refractivity contribution in [2.24, 2.45) is 11.8 Å². The van der Waals surface area contributed by atoms with Crippen LogP contribution >= 0.6 is 0 Å². The summed E-state index contributed by atoms with van der Waals surface area (Å²) in [6.45, 7) is 5.45. The third kappa shape index (κ3) is 4.46. The normalized spacial score (nSPS) is 19.3. The van der Waals surface area contributed by atoms with E-state index in [1.807, 2.05) is 0 Å². The van der Waals surface area contributed by atoms with Gasteiger partial charge < -0.3 is 10.2 Å². The lowest BCUT2D eigenvalue weighted by atomic mass is 9.92. The third-order valence-electron chi connectivity index (χ3n) is 5.42. The Hall–Kier alpha value is -3.37. The van der Waals surface area contributed by atoms with E-state index in [4.69, 9.17) is 0 Å². The van der Waals surface area contributed by atoms with Gasteiger partial charge in [-0.05, 0) is 36.5 Å². The molecule has 1 aliphatic heterocycles. The molecule has 0 bridgehead atoms. The van der Waals surface area contributed by atoms with Gasteiger partial charge in [-0.3, -0.25) is 4.79 Å². The minimum absolute atomic E-state index is 0.0136. The summed E-state index contributed by atoms with van der Waals surface area (Å²) in [6.07, 6.45) is -0.419. The van der Waals surface area contributed by atoms with Crippen molar-refractivity contribution in [2.45, 2.75) is 33.0 Å². The van der Waals surface area contributed by atoms with E-state index in [1.54, 1.807) is 0 Å². The monoisotopic (exact) mass is 448 g/mol. The molecule has 0 aliphatic carbocycles. The Balaban J connectivity index is 1.57.